The van der Waals surface area contributed by atoms with Crippen LogP contribution in [0.5, 0.6) is 0 Å². The summed E-state index contributed by atoms with van der Waals surface area (Å²) in [5.41, 5.74) is 6.61. The van der Waals surface area contributed by atoms with Crippen LogP contribution in [0, 0.1) is 0 Å². The van der Waals surface area contributed by atoms with Crippen LogP contribution in [-0.4, -0.2) is 14.5 Å². The number of rotatable bonds is 3. The van der Waals surface area contributed by atoms with Gasteiger partial charge in [0.05, 0.1) is 10.6 Å². The Hall–Kier alpha value is -1.55. The predicted octanol–water partition coefficient (Wildman–Crippen LogP) is 2.59. The third-order valence-electron chi connectivity index (χ3n) is 2.31. The molecule has 0 aliphatic heterocycles. The maximum absolute atomic E-state index is 5.91. The van der Waals surface area contributed by atoms with E-state index in [9.17, 15) is 0 Å². The molecule has 0 saturated carbocycles. The molecule has 0 saturated heterocycles. The van der Waals surface area contributed by atoms with Crippen LogP contribution in [0.4, 0.5) is 5.82 Å². The maximum atomic E-state index is 5.91. The van der Waals surface area contributed by atoms with Gasteiger partial charge >= 0.3 is 0 Å². The third kappa shape index (κ3) is 2.02. The quantitative estimate of drug-likeness (QED) is 0.891. The van der Waals surface area contributed by atoms with Gasteiger partial charge in [-0.1, -0.05) is 18.5 Å². The summed E-state index contributed by atoms with van der Waals surface area (Å²) in [6.07, 6.45) is 6.26. The molecule has 2 rings (SSSR count). The first kappa shape index (κ1) is 11.0. The number of hydrogen-bond acceptors (Lipinski definition) is 3. The summed E-state index contributed by atoms with van der Waals surface area (Å²) >= 11 is 5.91. The number of pyridine rings is 1. The maximum Gasteiger partial charge on any atom is 0.143 e. The van der Waals surface area contributed by atoms with Crippen molar-refractivity contribution in [2.45, 2.75) is 19.9 Å². The Balaban J connectivity index is 2.49. The van der Waals surface area contributed by atoms with Gasteiger partial charge in [0.1, 0.15) is 11.6 Å². The summed E-state index contributed by atoms with van der Waals surface area (Å²) in [5, 5.41) is 0.565. The van der Waals surface area contributed by atoms with Gasteiger partial charge in [-0.05, 0) is 12.5 Å². The van der Waals surface area contributed by atoms with Crippen molar-refractivity contribution in [3.8, 4) is 11.4 Å². The molecule has 16 heavy (non-hydrogen) atoms. The second-order valence-electron chi connectivity index (χ2n) is 3.53. The summed E-state index contributed by atoms with van der Waals surface area (Å²) in [4.78, 5) is 8.32. The molecule has 5 heteroatoms. The Kier molecular flexibility index (Phi) is 3.10. The van der Waals surface area contributed by atoms with Gasteiger partial charge < -0.3 is 10.3 Å². The van der Waals surface area contributed by atoms with E-state index in [1.54, 1.807) is 12.3 Å². The van der Waals surface area contributed by atoms with E-state index in [2.05, 4.69) is 16.9 Å². The molecule has 0 aromatic carbocycles. The molecule has 2 aromatic heterocycles. The number of imidazole rings is 1. The second-order valence-corrected chi connectivity index (χ2v) is 3.97. The second kappa shape index (κ2) is 4.53. The van der Waals surface area contributed by atoms with Crippen LogP contribution in [0.1, 0.15) is 13.3 Å². The van der Waals surface area contributed by atoms with Crippen LogP contribution in [0.25, 0.3) is 11.4 Å². The van der Waals surface area contributed by atoms with Crippen molar-refractivity contribution in [1.82, 2.24) is 14.5 Å². The van der Waals surface area contributed by atoms with E-state index in [0.29, 0.717) is 10.8 Å². The molecule has 0 amide bonds. The topological polar surface area (TPSA) is 56.7 Å². The van der Waals surface area contributed by atoms with Crippen LogP contribution < -0.4 is 5.73 Å². The molecule has 2 aromatic rings. The van der Waals surface area contributed by atoms with Crippen molar-refractivity contribution in [3.05, 3.63) is 29.7 Å². The highest BCUT2D eigenvalue weighted by Gasteiger charge is 2.10. The number of aromatic nitrogens is 3. The number of nitrogens with two attached hydrogens (primary N) is 1. The van der Waals surface area contributed by atoms with E-state index in [0.717, 1.165) is 24.4 Å². The first-order valence-corrected chi connectivity index (χ1v) is 5.52. The lowest BCUT2D eigenvalue weighted by Gasteiger charge is -2.08. The summed E-state index contributed by atoms with van der Waals surface area (Å²) in [6.45, 7) is 3.02. The molecule has 0 radical (unpaired) electrons. The zero-order valence-electron chi connectivity index (χ0n) is 9.02. The van der Waals surface area contributed by atoms with Gasteiger partial charge in [-0.2, -0.15) is 0 Å². The van der Waals surface area contributed by atoms with E-state index < -0.39 is 0 Å². The summed E-state index contributed by atoms with van der Waals surface area (Å²) in [7, 11) is 0. The van der Waals surface area contributed by atoms with Crippen molar-refractivity contribution < 1.29 is 0 Å². The third-order valence-corrected chi connectivity index (χ3v) is 2.51. The highest BCUT2D eigenvalue weighted by molar-refractivity contribution is 6.30. The Morgan fingerprint density at radius 3 is 3.00 bits per heavy atom. The van der Waals surface area contributed by atoms with Gasteiger partial charge in [-0.3, -0.25) is 0 Å². The van der Waals surface area contributed by atoms with E-state index >= 15 is 0 Å². The smallest absolute Gasteiger partial charge is 0.143 e. The molecule has 0 atom stereocenters. The molecular formula is C11H13ClN4. The van der Waals surface area contributed by atoms with Gasteiger partial charge in [0.2, 0.25) is 0 Å². The minimum Gasteiger partial charge on any atom is -0.383 e. The van der Waals surface area contributed by atoms with Gasteiger partial charge in [-0.15, -0.1) is 0 Å². The van der Waals surface area contributed by atoms with Crippen LogP contribution in [0.15, 0.2) is 24.7 Å². The zero-order chi connectivity index (χ0) is 11.5. The van der Waals surface area contributed by atoms with Gasteiger partial charge in [0, 0.05) is 25.1 Å². The van der Waals surface area contributed by atoms with Crippen molar-refractivity contribution in [2.24, 2.45) is 0 Å². The van der Waals surface area contributed by atoms with Gasteiger partial charge in [0.25, 0.3) is 0 Å². The molecule has 2 heterocycles. The Bertz CT molecular complexity index is 492. The Morgan fingerprint density at radius 1 is 1.44 bits per heavy atom. The number of nitrogen functional groups attached to an aromatic ring is 1. The highest BCUT2D eigenvalue weighted by Crippen LogP contribution is 2.25. The molecule has 84 valence electrons. The van der Waals surface area contributed by atoms with Crippen molar-refractivity contribution in [3.63, 3.8) is 0 Å². The monoisotopic (exact) mass is 236 g/mol. The number of nitrogens with zero attached hydrogens (tertiary/aromatic N) is 3. The van der Waals surface area contributed by atoms with Gasteiger partial charge in [-0.25, -0.2) is 9.97 Å². The lowest BCUT2D eigenvalue weighted by molar-refractivity contribution is 0.685. The fourth-order valence-electron chi connectivity index (χ4n) is 1.60. The first-order valence-electron chi connectivity index (χ1n) is 5.15. The van der Waals surface area contributed by atoms with E-state index in [1.165, 1.54) is 6.20 Å². The van der Waals surface area contributed by atoms with Crippen LogP contribution in [0.2, 0.25) is 5.02 Å². The van der Waals surface area contributed by atoms with Gasteiger partial charge in [0.15, 0.2) is 0 Å². The van der Waals surface area contributed by atoms with E-state index in [4.69, 9.17) is 17.3 Å². The zero-order valence-corrected chi connectivity index (χ0v) is 9.78. The molecular weight excluding hydrogens is 224 g/mol. The molecule has 0 bridgehead atoms. The average molecular weight is 237 g/mol. The fraction of sp³-hybridized carbons (Fsp3) is 0.273. The predicted molar refractivity (Wildman–Crippen MR) is 65.2 cm³/mol. The average Bonchev–Trinajstić information content (AvgIpc) is 2.70. The van der Waals surface area contributed by atoms with Crippen LogP contribution in [0.3, 0.4) is 0 Å². The van der Waals surface area contributed by atoms with E-state index in [-0.39, 0.29) is 0 Å². The minimum absolute atomic E-state index is 0.452. The van der Waals surface area contributed by atoms with E-state index in [1.807, 2.05) is 10.8 Å². The Labute approximate surface area is 99.1 Å². The van der Waals surface area contributed by atoms with Crippen LogP contribution in [-0.2, 0) is 6.54 Å². The standard InChI is InChI=1S/C11H13ClN4/c1-2-4-16-5-3-14-11(16)9-6-8(12)7-15-10(9)13/h3,5-7H,2,4H2,1H3,(H2,13,15). The van der Waals surface area contributed by atoms with Crippen LogP contribution >= 0.6 is 11.6 Å². The fourth-order valence-corrected chi connectivity index (χ4v) is 1.76. The number of aryl methyl sites for hydroxylation is 1. The van der Waals surface area contributed by atoms with Crippen molar-refractivity contribution in [1.29, 1.82) is 0 Å². The molecule has 2 N–H and O–H groups in total. The summed E-state index contributed by atoms with van der Waals surface area (Å²) in [5.74, 6) is 1.27. The molecule has 0 fully saturated rings. The lowest BCUT2D eigenvalue weighted by atomic mass is 10.2. The van der Waals surface area contributed by atoms with Crippen molar-refractivity contribution in [2.75, 3.05) is 5.73 Å². The molecule has 4 nitrogen and oxygen atoms in total. The summed E-state index contributed by atoms with van der Waals surface area (Å²) < 4.78 is 2.05. The SMILES string of the molecule is CCCn1ccnc1-c1cc(Cl)cnc1N. The number of halogens is 1. The molecule has 0 spiro atoms. The molecule has 0 aliphatic rings. The molecule has 0 unspecified atom stereocenters. The largest absolute Gasteiger partial charge is 0.383 e. The van der Waals surface area contributed by atoms with Crippen molar-refractivity contribution >= 4 is 17.4 Å². The normalized spacial score (nSPS) is 10.6. The summed E-state index contributed by atoms with van der Waals surface area (Å²) in [6, 6.07) is 1.79. The first-order chi connectivity index (χ1) is 7.72. The molecule has 0 aliphatic carbocycles. The number of anilines is 1. The minimum atomic E-state index is 0.452. The lowest BCUT2D eigenvalue weighted by Crippen LogP contribution is -2.02. The highest BCUT2D eigenvalue weighted by atomic mass is 35.5. The Morgan fingerprint density at radius 2 is 2.25 bits per heavy atom. The number of hydrogen-bond donors (Lipinski definition) is 1.